The van der Waals surface area contributed by atoms with Gasteiger partial charge in [0.1, 0.15) is 18.9 Å². The van der Waals surface area contributed by atoms with Gasteiger partial charge in [0, 0.05) is 38.6 Å². The number of hydrogen-bond acceptors (Lipinski definition) is 6. The highest BCUT2D eigenvalue weighted by molar-refractivity contribution is 5.92. The highest BCUT2D eigenvalue weighted by atomic mass is 16.6. The predicted molar refractivity (Wildman–Crippen MR) is 95.7 cm³/mol. The third kappa shape index (κ3) is 3.84. The summed E-state index contributed by atoms with van der Waals surface area (Å²) in [5.41, 5.74) is 1.22. The zero-order valence-electron chi connectivity index (χ0n) is 14.8. The first-order valence-electron chi connectivity index (χ1n) is 8.92. The molecule has 0 atom stereocenters. The minimum atomic E-state index is -0.151. The van der Waals surface area contributed by atoms with E-state index in [9.17, 15) is 9.59 Å². The number of hydrogen-bond donors (Lipinski definition) is 0. The Morgan fingerprint density at radius 1 is 0.963 bits per heavy atom. The molecule has 1 aromatic carbocycles. The lowest BCUT2D eigenvalue weighted by atomic mass is 10.1. The summed E-state index contributed by atoms with van der Waals surface area (Å²) in [5, 5.41) is 0. The summed E-state index contributed by atoms with van der Waals surface area (Å²) in [6.45, 7) is 3.06. The minimum Gasteiger partial charge on any atom is -0.486 e. The maximum atomic E-state index is 12.6. The molecule has 3 heterocycles. The van der Waals surface area contributed by atoms with E-state index >= 15 is 0 Å². The van der Waals surface area contributed by atoms with Crippen LogP contribution in [0.3, 0.4) is 0 Å². The molecule has 2 aromatic rings. The van der Waals surface area contributed by atoms with Crippen molar-refractivity contribution in [3.63, 3.8) is 0 Å². The van der Waals surface area contributed by atoms with Gasteiger partial charge in [0.05, 0.1) is 12.6 Å². The van der Waals surface area contributed by atoms with Gasteiger partial charge in [-0.1, -0.05) is 6.07 Å². The van der Waals surface area contributed by atoms with E-state index in [1.54, 1.807) is 9.80 Å². The van der Waals surface area contributed by atoms with Crippen molar-refractivity contribution in [2.75, 3.05) is 39.4 Å². The third-order valence-electron chi connectivity index (χ3n) is 4.66. The Balaban J connectivity index is 1.33. The van der Waals surface area contributed by atoms with Crippen LogP contribution in [-0.4, -0.2) is 71.0 Å². The van der Waals surface area contributed by atoms with E-state index in [4.69, 9.17) is 9.47 Å². The fraction of sp³-hybridized carbons (Fsp3) is 0.368. The molecule has 2 aliphatic heterocycles. The molecular formula is C19H20N4O4. The molecule has 0 radical (unpaired) electrons. The highest BCUT2D eigenvalue weighted by Crippen LogP contribution is 2.31. The summed E-state index contributed by atoms with van der Waals surface area (Å²) in [6.07, 6.45) is 4.79. The Kier molecular flexibility index (Phi) is 4.86. The standard InChI is InChI=1S/C19H20N4O4/c24-18(12-14-1-2-16-17(11-14)27-10-9-26-16)22-5-7-23(8-6-22)19(25)15-13-20-3-4-21-15/h1-4,11,13H,5-10,12H2. The molecular weight excluding hydrogens is 348 g/mol. The van der Waals surface area contributed by atoms with Crippen LogP contribution >= 0.6 is 0 Å². The quantitative estimate of drug-likeness (QED) is 0.796. The summed E-state index contributed by atoms with van der Waals surface area (Å²) in [7, 11) is 0. The van der Waals surface area contributed by atoms with Gasteiger partial charge in [0.15, 0.2) is 11.5 Å². The Labute approximate surface area is 156 Å². The summed E-state index contributed by atoms with van der Waals surface area (Å²) < 4.78 is 11.1. The molecule has 0 saturated carbocycles. The molecule has 1 aromatic heterocycles. The number of ether oxygens (including phenoxy) is 2. The van der Waals surface area contributed by atoms with Gasteiger partial charge in [-0.2, -0.15) is 0 Å². The number of fused-ring (bicyclic) bond motifs is 1. The molecule has 2 aliphatic rings. The van der Waals surface area contributed by atoms with E-state index < -0.39 is 0 Å². The van der Waals surface area contributed by atoms with Crippen molar-refractivity contribution in [1.82, 2.24) is 19.8 Å². The van der Waals surface area contributed by atoms with Gasteiger partial charge in [-0.25, -0.2) is 4.98 Å². The van der Waals surface area contributed by atoms with Crippen LogP contribution in [-0.2, 0) is 11.2 Å². The molecule has 8 nitrogen and oxygen atoms in total. The second-order valence-electron chi connectivity index (χ2n) is 6.42. The maximum absolute atomic E-state index is 12.6. The lowest BCUT2D eigenvalue weighted by molar-refractivity contribution is -0.131. The van der Waals surface area contributed by atoms with Gasteiger partial charge in [0.2, 0.25) is 5.91 Å². The topological polar surface area (TPSA) is 84.9 Å². The Hall–Kier alpha value is -3.16. The molecule has 0 spiro atoms. The van der Waals surface area contributed by atoms with Crippen molar-refractivity contribution in [3.8, 4) is 11.5 Å². The van der Waals surface area contributed by atoms with Crippen LogP contribution in [0.5, 0.6) is 11.5 Å². The SMILES string of the molecule is O=C(Cc1ccc2c(c1)OCCO2)N1CCN(C(=O)c2cnccn2)CC1. The number of piperazine rings is 1. The van der Waals surface area contributed by atoms with Crippen molar-refractivity contribution in [1.29, 1.82) is 0 Å². The minimum absolute atomic E-state index is 0.0401. The normalized spacial score (nSPS) is 16.1. The number of carbonyl (C=O) groups is 2. The second-order valence-corrected chi connectivity index (χ2v) is 6.42. The molecule has 0 N–H and O–H groups in total. The number of benzene rings is 1. The van der Waals surface area contributed by atoms with E-state index in [0.29, 0.717) is 63.0 Å². The first-order valence-corrected chi connectivity index (χ1v) is 8.92. The summed E-state index contributed by atoms with van der Waals surface area (Å²) >= 11 is 0. The average molecular weight is 368 g/mol. The molecule has 2 amide bonds. The number of aromatic nitrogens is 2. The van der Waals surface area contributed by atoms with Gasteiger partial charge in [0.25, 0.3) is 5.91 Å². The average Bonchev–Trinajstić information content (AvgIpc) is 2.74. The first-order chi connectivity index (χ1) is 13.2. The van der Waals surface area contributed by atoms with Crippen LogP contribution in [0.2, 0.25) is 0 Å². The van der Waals surface area contributed by atoms with Crippen molar-refractivity contribution in [3.05, 3.63) is 48.0 Å². The molecule has 140 valence electrons. The van der Waals surface area contributed by atoms with Crippen LogP contribution in [0, 0.1) is 0 Å². The van der Waals surface area contributed by atoms with E-state index in [1.165, 1.54) is 18.6 Å². The molecule has 1 fully saturated rings. The summed E-state index contributed by atoms with van der Waals surface area (Å²) in [5.74, 6) is 1.29. The maximum Gasteiger partial charge on any atom is 0.274 e. The zero-order valence-corrected chi connectivity index (χ0v) is 14.8. The second kappa shape index (κ2) is 7.61. The monoisotopic (exact) mass is 368 g/mol. The predicted octanol–water partition coefficient (Wildman–Crippen LogP) is 0.775. The molecule has 0 aliphatic carbocycles. The summed E-state index contributed by atoms with van der Waals surface area (Å²) in [6, 6.07) is 5.59. The van der Waals surface area contributed by atoms with Crippen LogP contribution in [0.4, 0.5) is 0 Å². The lowest BCUT2D eigenvalue weighted by Gasteiger charge is -2.34. The van der Waals surface area contributed by atoms with E-state index in [1.807, 2.05) is 18.2 Å². The van der Waals surface area contributed by atoms with Gasteiger partial charge in [-0.15, -0.1) is 0 Å². The molecule has 4 rings (SSSR count). The van der Waals surface area contributed by atoms with Gasteiger partial charge >= 0.3 is 0 Å². The fourth-order valence-corrected chi connectivity index (χ4v) is 3.21. The fourth-order valence-electron chi connectivity index (χ4n) is 3.21. The van der Waals surface area contributed by atoms with E-state index in [0.717, 1.165) is 5.56 Å². The lowest BCUT2D eigenvalue weighted by Crippen LogP contribution is -2.51. The van der Waals surface area contributed by atoms with Crippen LogP contribution in [0.15, 0.2) is 36.8 Å². The van der Waals surface area contributed by atoms with Crippen LogP contribution in [0.1, 0.15) is 16.1 Å². The highest BCUT2D eigenvalue weighted by Gasteiger charge is 2.25. The summed E-state index contributed by atoms with van der Waals surface area (Å²) in [4.78, 5) is 36.5. The molecule has 27 heavy (non-hydrogen) atoms. The molecule has 0 bridgehead atoms. The van der Waals surface area contributed by atoms with Crippen molar-refractivity contribution < 1.29 is 19.1 Å². The Morgan fingerprint density at radius 3 is 2.44 bits per heavy atom. The number of amides is 2. The van der Waals surface area contributed by atoms with Gasteiger partial charge in [-0.3, -0.25) is 14.6 Å². The van der Waals surface area contributed by atoms with Crippen molar-refractivity contribution in [2.45, 2.75) is 6.42 Å². The Bertz CT molecular complexity index is 835. The first kappa shape index (κ1) is 17.3. The van der Waals surface area contributed by atoms with E-state index in [-0.39, 0.29) is 11.8 Å². The molecule has 0 unspecified atom stereocenters. The largest absolute Gasteiger partial charge is 0.486 e. The smallest absolute Gasteiger partial charge is 0.274 e. The molecule has 1 saturated heterocycles. The number of carbonyl (C=O) groups excluding carboxylic acids is 2. The van der Waals surface area contributed by atoms with Gasteiger partial charge < -0.3 is 19.3 Å². The van der Waals surface area contributed by atoms with Crippen LogP contribution < -0.4 is 9.47 Å². The Morgan fingerprint density at radius 2 is 1.70 bits per heavy atom. The zero-order chi connectivity index (χ0) is 18.6. The number of rotatable bonds is 3. The van der Waals surface area contributed by atoms with Crippen molar-refractivity contribution >= 4 is 11.8 Å². The van der Waals surface area contributed by atoms with Gasteiger partial charge in [-0.05, 0) is 17.7 Å². The third-order valence-corrected chi connectivity index (χ3v) is 4.66. The number of nitrogens with zero attached hydrogens (tertiary/aromatic N) is 4. The van der Waals surface area contributed by atoms with Crippen LogP contribution in [0.25, 0.3) is 0 Å². The van der Waals surface area contributed by atoms with Crippen molar-refractivity contribution in [2.24, 2.45) is 0 Å². The molecule has 8 heteroatoms. The van der Waals surface area contributed by atoms with E-state index in [2.05, 4.69) is 9.97 Å².